The van der Waals surface area contributed by atoms with Crippen molar-refractivity contribution in [2.45, 2.75) is 25.7 Å². The summed E-state index contributed by atoms with van der Waals surface area (Å²) in [5.74, 6) is 0.864. The standard InChI is InChI=1S/C21H25N5O2/c27-19(16-5-1-2-6-16)24-18-8-3-7-17(15-18)20(28)25-11-13-26(14-12-25)21-22-9-4-10-23-21/h3-4,7-10,15-16H,1-2,5-6,11-14H2,(H,24,27). The Morgan fingerprint density at radius 1 is 0.964 bits per heavy atom. The van der Waals surface area contributed by atoms with Gasteiger partial charge in [0.25, 0.3) is 5.91 Å². The molecule has 1 saturated heterocycles. The smallest absolute Gasteiger partial charge is 0.254 e. The summed E-state index contributed by atoms with van der Waals surface area (Å²) in [5, 5.41) is 2.98. The summed E-state index contributed by atoms with van der Waals surface area (Å²) in [7, 11) is 0. The van der Waals surface area contributed by atoms with Crippen molar-refractivity contribution >= 4 is 23.5 Å². The van der Waals surface area contributed by atoms with Gasteiger partial charge >= 0.3 is 0 Å². The third kappa shape index (κ3) is 4.13. The van der Waals surface area contributed by atoms with Crippen LogP contribution in [0.3, 0.4) is 0 Å². The quantitative estimate of drug-likeness (QED) is 0.883. The second-order valence-corrected chi connectivity index (χ2v) is 7.38. The van der Waals surface area contributed by atoms with Gasteiger partial charge in [-0.15, -0.1) is 0 Å². The molecule has 2 aromatic rings. The van der Waals surface area contributed by atoms with E-state index in [0.717, 1.165) is 25.7 Å². The molecule has 0 spiro atoms. The van der Waals surface area contributed by atoms with Crippen molar-refractivity contribution < 1.29 is 9.59 Å². The molecule has 0 radical (unpaired) electrons. The van der Waals surface area contributed by atoms with Gasteiger partial charge in [0, 0.05) is 55.7 Å². The molecule has 1 N–H and O–H groups in total. The van der Waals surface area contributed by atoms with Crippen molar-refractivity contribution in [2.24, 2.45) is 5.92 Å². The summed E-state index contributed by atoms with van der Waals surface area (Å²) < 4.78 is 0. The number of anilines is 2. The van der Waals surface area contributed by atoms with Crippen molar-refractivity contribution in [3.63, 3.8) is 0 Å². The van der Waals surface area contributed by atoms with Crippen LogP contribution in [-0.2, 0) is 4.79 Å². The molecular formula is C21H25N5O2. The van der Waals surface area contributed by atoms with Crippen molar-refractivity contribution in [1.29, 1.82) is 0 Å². The van der Waals surface area contributed by atoms with Gasteiger partial charge in [0.15, 0.2) is 0 Å². The lowest BCUT2D eigenvalue weighted by Crippen LogP contribution is -2.49. The Hall–Kier alpha value is -2.96. The lowest BCUT2D eigenvalue weighted by atomic mass is 10.1. The lowest BCUT2D eigenvalue weighted by molar-refractivity contribution is -0.119. The highest BCUT2D eigenvalue weighted by molar-refractivity contribution is 5.97. The highest BCUT2D eigenvalue weighted by Gasteiger charge is 2.25. The van der Waals surface area contributed by atoms with Gasteiger partial charge < -0.3 is 15.1 Å². The number of hydrogen-bond donors (Lipinski definition) is 1. The molecule has 0 unspecified atom stereocenters. The van der Waals surface area contributed by atoms with Crippen LogP contribution in [0, 0.1) is 5.92 Å². The van der Waals surface area contributed by atoms with Crippen molar-refractivity contribution in [2.75, 3.05) is 36.4 Å². The van der Waals surface area contributed by atoms with Gasteiger partial charge in [-0.1, -0.05) is 18.9 Å². The maximum Gasteiger partial charge on any atom is 0.254 e. The van der Waals surface area contributed by atoms with Gasteiger partial charge in [0.1, 0.15) is 0 Å². The molecule has 4 rings (SSSR count). The fourth-order valence-electron chi connectivity index (χ4n) is 3.91. The van der Waals surface area contributed by atoms with Crippen molar-refractivity contribution in [3.05, 3.63) is 48.3 Å². The Kier molecular flexibility index (Phi) is 5.50. The minimum Gasteiger partial charge on any atom is -0.337 e. The molecule has 1 aliphatic carbocycles. The lowest BCUT2D eigenvalue weighted by Gasteiger charge is -2.34. The molecule has 1 aliphatic heterocycles. The first-order valence-corrected chi connectivity index (χ1v) is 9.93. The number of carbonyl (C=O) groups is 2. The molecule has 2 amide bonds. The molecule has 2 heterocycles. The number of carbonyl (C=O) groups excluding carboxylic acids is 2. The van der Waals surface area contributed by atoms with Gasteiger partial charge in [-0.05, 0) is 37.1 Å². The molecule has 28 heavy (non-hydrogen) atoms. The van der Waals surface area contributed by atoms with E-state index in [2.05, 4.69) is 20.2 Å². The summed E-state index contributed by atoms with van der Waals surface area (Å²) in [5.41, 5.74) is 1.30. The van der Waals surface area contributed by atoms with Crippen LogP contribution in [0.15, 0.2) is 42.7 Å². The van der Waals surface area contributed by atoms with E-state index in [1.54, 1.807) is 30.6 Å². The van der Waals surface area contributed by atoms with Crippen LogP contribution in [0.5, 0.6) is 0 Å². The second-order valence-electron chi connectivity index (χ2n) is 7.38. The van der Waals surface area contributed by atoms with E-state index in [0.29, 0.717) is 43.4 Å². The maximum absolute atomic E-state index is 12.9. The zero-order chi connectivity index (χ0) is 19.3. The molecule has 2 fully saturated rings. The van der Waals surface area contributed by atoms with Crippen LogP contribution >= 0.6 is 0 Å². The van der Waals surface area contributed by atoms with E-state index < -0.39 is 0 Å². The van der Waals surface area contributed by atoms with E-state index in [1.165, 1.54) is 0 Å². The molecule has 7 nitrogen and oxygen atoms in total. The van der Waals surface area contributed by atoms with Crippen LogP contribution < -0.4 is 10.2 Å². The average molecular weight is 379 g/mol. The monoisotopic (exact) mass is 379 g/mol. The fourth-order valence-corrected chi connectivity index (χ4v) is 3.91. The van der Waals surface area contributed by atoms with E-state index >= 15 is 0 Å². The Balaban J connectivity index is 1.36. The molecular weight excluding hydrogens is 354 g/mol. The Morgan fingerprint density at radius 3 is 2.39 bits per heavy atom. The first-order chi connectivity index (χ1) is 13.7. The number of benzene rings is 1. The predicted molar refractivity (Wildman–Crippen MR) is 107 cm³/mol. The average Bonchev–Trinajstić information content (AvgIpc) is 3.29. The van der Waals surface area contributed by atoms with Crippen LogP contribution in [0.25, 0.3) is 0 Å². The number of piperazine rings is 1. The van der Waals surface area contributed by atoms with Gasteiger partial charge in [0.05, 0.1) is 0 Å². The van der Waals surface area contributed by atoms with Gasteiger partial charge in [-0.25, -0.2) is 9.97 Å². The van der Waals surface area contributed by atoms with Gasteiger partial charge in [0.2, 0.25) is 11.9 Å². The molecule has 0 bridgehead atoms. The third-order valence-electron chi connectivity index (χ3n) is 5.50. The highest BCUT2D eigenvalue weighted by atomic mass is 16.2. The SMILES string of the molecule is O=C(Nc1cccc(C(=O)N2CCN(c3ncccn3)CC2)c1)C1CCCC1. The van der Waals surface area contributed by atoms with Gasteiger partial charge in [-0.2, -0.15) is 0 Å². The van der Waals surface area contributed by atoms with Crippen molar-refractivity contribution in [1.82, 2.24) is 14.9 Å². The molecule has 146 valence electrons. The fraction of sp³-hybridized carbons (Fsp3) is 0.429. The zero-order valence-electron chi connectivity index (χ0n) is 15.9. The minimum atomic E-state index is -0.00871. The molecule has 1 aromatic heterocycles. The van der Waals surface area contributed by atoms with Crippen LogP contribution in [0.1, 0.15) is 36.0 Å². The predicted octanol–water partition coefficient (Wildman–Crippen LogP) is 2.57. The maximum atomic E-state index is 12.9. The topological polar surface area (TPSA) is 78.4 Å². The zero-order valence-corrected chi connectivity index (χ0v) is 15.9. The van der Waals surface area contributed by atoms with E-state index in [4.69, 9.17) is 0 Å². The molecule has 0 atom stereocenters. The molecule has 1 aromatic carbocycles. The first kappa shape index (κ1) is 18.4. The summed E-state index contributed by atoms with van der Waals surface area (Å²) in [6.45, 7) is 2.65. The largest absolute Gasteiger partial charge is 0.337 e. The summed E-state index contributed by atoms with van der Waals surface area (Å²) >= 11 is 0. The van der Waals surface area contributed by atoms with E-state index in [9.17, 15) is 9.59 Å². The highest BCUT2D eigenvalue weighted by Crippen LogP contribution is 2.26. The molecule has 2 aliphatic rings. The van der Waals surface area contributed by atoms with Crippen LogP contribution in [0.2, 0.25) is 0 Å². The summed E-state index contributed by atoms with van der Waals surface area (Å²) in [4.78, 5) is 37.7. The summed E-state index contributed by atoms with van der Waals surface area (Å²) in [6, 6.07) is 9.05. The second kappa shape index (κ2) is 8.37. The minimum absolute atomic E-state index is 0.00871. The number of nitrogens with one attached hydrogen (secondary N) is 1. The van der Waals surface area contributed by atoms with Crippen LogP contribution in [-0.4, -0.2) is 52.9 Å². The molecule has 1 saturated carbocycles. The van der Waals surface area contributed by atoms with E-state index in [-0.39, 0.29) is 17.7 Å². The van der Waals surface area contributed by atoms with E-state index in [1.807, 2.05) is 17.0 Å². The third-order valence-corrected chi connectivity index (χ3v) is 5.50. The number of hydrogen-bond acceptors (Lipinski definition) is 5. The number of nitrogens with zero attached hydrogens (tertiary/aromatic N) is 4. The number of amides is 2. The Bertz CT molecular complexity index is 828. The first-order valence-electron chi connectivity index (χ1n) is 9.93. The normalized spacial score (nSPS) is 17.6. The molecule has 7 heteroatoms. The summed E-state index contributed by atoms with van der Waals surface area (Å²) in [6.07, 6.45) is 7.61. The number of aromatic nitrogens is 2. The van der Waals surface area contributed by atoms with Crippen LogP contribution in [0.4, 0.5) is 11.6 Å². The van der Waals surface area contributed by atoms with Crippen molar-refractivity contribution in [3.8, 4) is 0 Å². The Morgan fingerprint density at radius 2 is 1.68 bits per heavy atom. The Labute approximate surface area is 164 Å². The number of rotatable bonds is 4. The van der Waals surface area contributed by atoms with Gasteiger partial charge in [-0.3, -0.25) is 9.59 Å².